The second-order valence-corrected chi connectivity index (χ2v) is 8.37. The first kappa shape index (κ1) is 21.7. The number of rotatable bonds is 5. The lowest BCUT2D eigenvalue weighted by Crippen LogP contribution is -2.15. The molecule has 2 heterocycles. The summed E-state index contributed by atoms with van der Waals surface area (Å²) in [5.74, 6) is -0.425. The van der Waals surface area contributed by atoms with Crippen molar-refractivity contribution in [3.8, 4) is 11.3 Å². The molecule has 0 aliphatic heterocycles. The molecule has 1 N–H and O–H groups in total. The third-order valence-electron chi connectivity index (χ3n) is 5.55. The van der Waals surface area contributed by atoms with E-state index >= 15 is 0 Å². The van der Waals surface area contributed by atoms with Crippen LogP contribution in [0, 0.1) is 13.8 Å². The summed E-state index contributed by atoms with van der Waals surface area (Å²) >= 11 is 6.00. The smallest absolute Gasteiger partial charge is 0.261 e. The fourth-order valence-electron chi connectivity index (χ4n) is 3.78. The highest BCUT2D eigenvalue weighted by atomic mass is 35.5. The molecule has 5 rings (SSSR count). The molecule has 5 aromatic rings. The molecule has 0 aliphatic rings. The van der Waals surface area contributed by atoms with Crippen molar-refractivity contribution in [1.29, 1.82) is 0 Å². The Hall–Kier alpha value is -4.16. The summed E-state index contributed by atoms with van der Waals surface area (Å²) in [5.41, 5.74) is 3.63. The van der Waals surface area contributed by atoms with Crippen molar-refractivity contribution in [3.63, 3.8) is 0 Å². The first-order valence-corrected chi connectivity index (χ1v) is 11.0. The standard InChI is InChI=1S/C27H19ClN2O4/c1-15-7-9-17(10-8-15)24(31)26-23(20-5-3-4-6-21(20)33-26)29-27(32)22-16(2)30-34-25(22)18-11-13-19(28)14-12-18/h3-14H,1-2H3,(H,29,32). The second kappa shape index (κ2) is 8.65. The molecular formula is C27H19ClN2O4. The van der Waals surface area contributed by atoms with Crippen LogP contribution in [0.4, 0.5) is 5.69 Å². The first-order valence-electron chi connectivity index (χ1n) is 10.6. The maximum Gasteiger partial charge on any atom is 0.261 e. The van der Waals surface area contributed by atoms with Gasteiger partial charge in [0, 0.05) is 21.5 Å². The number of nitrogens with zero attached hydrogens (tertiary/aromatic N) is 1. The van der Waals surface area contributed by atoms with Gasteiger partial charge in [0.05, 0.1) is 11.4 Å². The normalized spacial score (nSPS) is 11.0. The number of ketones is 1. The molecule has 3 aromatic carbocycles. The van der Waals surface area contributed by atoms with E-state index in [2.05, 4.69) is 10.5 Å². The molecule has 0 saturated heterocycles. The number of hydrogen-bond donors (Lipinski definition) is 1. The minimum Gasteiger partial charge on any atom is -0.450 e. The van der Waals surface area contributed by atoms with Crippen LogP contribution in [0.2, 0.25) is 5.02 Å². The Balaban J connectivity index is 1.57. The molecule has 1 amide bonds. The van der Waals surface area contributed by atoms with Gasteiger partial charge in [-0.05, 0) is 50.2 Å². The molecule has 0 radical (unpaired) electrons. The fourth-order valence-corrected chi connectivity index (χ4v) is 3.90. The average molecular weight is 471 g/mol. The zero-order valence-corrected chi connectivity index (χ0v) is 19.1. The van der Waals surface area contributed by atoms with E-state index in [9.17, 15) is 9.59 Å². The number of furan rings is 1. The number of benzene rings is 3. The van der Waals surface area contributed by atoms with Gasteiger partial charge in [0.25, 0.3) is 5.91 Å². The molecule has 0 atom stereocenters. The van der Waals surface area contributed by atoms with E-state index in [1.165, 1.54) is 0 Å². The van der Waals surface area contributed by atoms with Crippen LogP contribution < -0.4 is 5.32 Å². The van der Waals surface area contributed by atoms with Crippen molar-refractivity contribution < 1.29 is 18.5 Å². The lowest BCUT2D eigenvalue weighted by Gasteiger charge is -2.07. The lowest BCUT2D eigenvalue weighted by atomic mass is 10.0. The van der Waals surface area contributed by atoms with Gasteiger partial charge in [-0.1, -0.05) is 58.7 Å². The lowest BCUT2D eigenvalue weighted by molar-refractivity contribution is 0.101. The van der Waals surface area contributed by atoms with E-state index in [1.54, 1.807) is 61.5 Å². The maximum atomic E-state index is 13.5. The molecule has 0 bridgehead atoms. The van der Waals surface area contributed by atoms with Crippen molar-refractivity contribution in [3.05, 3.63) is 106 Å². The van der Waals surface area contributed by atoms with Crippen LogP contribution in [0.15, 0.2) is 81.7 Å². The zero-order chi connectivity index (χ0) is 23.8. The molecule has 6 nitrogen and oxygen atoms in total. The van der Waals surface area contributed by atoms with Crippen molar-refractivity contribution in [2.75, 3.05) is 5.32 Å². The van der Waals surface area contributed by atoms with Crippen molar-refractivity contribution >= 4 is 39.9 Å². The Kier molecular flexibility index (Phi) is 5.51. The number of aromatic nitrogens is 1. The molecule has 2 aromatic heterocycles. The number of halogens is 1. The average Bonchev–Trinajstić information content (AvgIpc) is 3.40. The largest absolute Gasteiger partial charge is 0.450 e. The maximum absolute atomic E-state index is 13.5. The molecule has 34 heavy (non-hydrogen) atoms. The van der Waals surface area contributed by atoms with Gasteiger partial charge in [-0.15, -0.1) is 0 Å². The minimum atomic E-state index is -0.465. The number of para-hydroxylation sites is 1. The van der Waals surface area contributed by atoms with Gasteiger partial charge >= 0.3 is 0 Å². The number of aryl methyl sites for hydroxylation is 2. The van der Waals surface area contributed by atoms with Crippen LogP contribution in [-0.4, -0.2) is 16.8 Å². The third-order valence-corrected chi connectivity index (χ3v) is 5.80. The molecule has 0 saturated carbocycles. The second-order valence-electron chi connectivity index (χ2n) is 7.93. The summed E-state index contributed by atoms with van der Waals surface area (Å²) in [6.45, 7) is 3.63. The van der Waals surface area contributed by atoms with Crippen LogP contribution in [0.1, 0.15) is 37.7 Å². The van der Waals surface area contributed by atoms with Crippen molar-refractivity contribution in [2.45, 2.75) is 13.8 Å². The van der Waals surface area contributed by atoms with Crippen LogP contribution in [0.25, 0.3) is 22.3 Å². The van der Waals surface area contributed by atoms with Gasteiger partial charge in [0.15, 0.2) is 11.5 Å². The Morgan fingerprint density at radius 1 is 0.912 bits per heavy atom. The highest BCUT2D eigenvalue weighted by Crippen LogP contribution is 2.34. The number of carbonyl (C=O) groups excluding carboxylic acids is 2. The van der Waals surface area contributed by atoms with E-state index < -0.39 is 5.91 Å². The predicted molar refractivity (Wildman–Crippen MR) is 130 cm³/mol. The summed E-state index contributed by atoms with van der Waals surface area (Å²) in [7, 11) is 0. The Bertz CT molecular complexity index is 1530. The topological polar surface area (TPSA) is 85.3 Å². The van der Waals surface area contributed by atoms with E-state index in [-0.39, 0.29) is 17.1 Å². The van der Waals surface area contributed by atoms with Gasteiger partial charge in [0.1, 0.15) is 11.1 Å². The first-order chi connectivity index (χ1) is 16.4. The van der Waals surface area contributed by atoms with E-state index in [4.69, 9.17) is 20.5 Å². The number of carbonyl (C=O) groups is 2. The SMILES string of the molecule is Cc1ccc(C(=O)c2oc3ccccc3c2NC(=O)c2c(C)noc2-c2ccc(Cl)cc2)cc1. The minimum absolute atomic E-state index is 0.0561. The van der Waals surface area contributed by atoms with E-state index in [1.807, 2.05) is 25.1 Å². The zero-order valence-electron chi connectivity index (χ0n) is 18.4. The van der Waals surface area contributed by atoms with Crippen LogP contribution in [0.5, 0.6) is 0 Å². The van der Waals surface area contributed by atoms with Crippen molar-refractivity contribution in [2.24, 2.45) is 0 Å². The van der Waals surface area contributed by atoms with Crippen LogP contribution >= 0.6 is 11.6 Å². The summed E-state index contributed by atoms with van der Waals surface area (Å²) < 4.78 is 11.4. The number of nitrogens with one attached hydrogen (secondary N) is 1. The number of amides is 1. The quantitative estimate of drug-likeness (QED) is 0.284. The molecule has 0 unspecified atom stereocenters. The van der Waals surface area contributed by atoms with Crippen molar-refractivity contribution in [1.82, 2.24) is 5.16 Å². The predicted octanol–water partition coefficient (Wildman–Crippen LogP) is 6.84. The van der Waals surface area contributed by atoms with Gasteiger partial charge < -0.3 is 14.3 Å². The number of hydrogen-bond acceptors (Lipinski definition) is 5. The third kappa shape index (κ3) is 3.89. The van der Waals surface area contributed by atoms with Gasteiger partial charge in [-0.3, -0.25) is 9.59 Å². The molecule has 0 aliphatic carbocycles. The monoisotopic (exact) mass is 470 g/mol. The molecule has 0 spiro atoms. The van der Waals surface area contributed by atoms with Crippen LogP contribution in [-0.2, 0) is 0 Å². The summed E-state index contributed by atoms with van der Waals surface area (Å²) in [6.07, 6.45) is 0. The molecule has 7 heteroatoms. The van der Waals surface area contributed by atoms with Gasteiger partial charge in [-0.25, -0.2) is 0 Å². The van der Waals surface area contributed by atoms with E-state index in [0.717, 1.165) is 5.56 Å². The van der Waals surface area contributed by atoms with Crippen LogP contribution in [0.3, 0.4) is 0 Å². The number of anilines is 1. The van der Waals surface area contributed by atoms with E-state index in [0.29, 0.717) is 44.3 Å². The summed E-state index contributed by atoms with van der Waals surface area (Å²) in [5, 5.41) is 8.05. The van der Waals surface area contributed by atoms with Gasteiger partial charge in [0.2, 0.25) is 5.78 Å². The summed E-state index contributed by atoms with van der Waals surface area (Å²) in [4.78, 5) is 26.8. The Morgan fingerprint density at radius 2 is 1.62 bits per heavy atom. The molecular weight excluding hydrogens is 452 g/mol. The molecule has 168 valence electrons. The highest BCUT2D eigenvalue weighted by molar-refractivity contribution is 6.30. The Morgan fingerprint density at radius 3 is 2.35 bits per heavy atom. The molecule has 0 fully saturated rings. The summed E-state index contributed by atoms with van der Waals surface area (Å²) in [6, 6.07) is 21.3. The fraction of sp³-hybridized carbons (Fsp3) is 0.0741. The number of fused-ring (bicyclic) bond motifs is 1. The Labute approximate surface area is 200 Å². The highest BCUT2D eigenvalue weighted by Gasteiger charge is 2.27. The van der Waals surface area contributed by atoms with Gasteiger partial charge in [-0.2, -0.15) is 0 Å².